The number of ether oxygens (including phenoxy) is 2. The molecule has 0 unspecified atom stereocenters. The first-order chi connectivity index (χ1) is 13.5. The van der Waals surface area contributed by atoms with Crippen LogP contribution in [0.1, 0.15) is 60.2 Å². The predicted octanol–water partition coefficient (Wildman–Crippen LogP) is 4.68. The van der Waals surface area contributed by atoms with Crippen molar-refractivity contribution in [2.75, 3.05) is 13.2 Å². The molecular weight excluding hydrogens is 360 g/mol. The molecule has 6 heteroatoms. The van der Waals surface area contributed by atoms with Crippen LogP contribution in [0.5, 0.6) is 11.5 Å². The summed E-state index contributed by atoms with van der Waals surface area (Å²) in [6, 6.07) is 9.05. The zero-order valence-corrected chi connectivity index (χ0v) is 16.2. The highest BCUT2D eigenvalue weighted by molar-refractivity contribution is 5.96. The van der Waals surface area contributed by atoms with Gasteiger partial charge in [-0.1, -0.05) is 38.8 Å². The number of rotatable bonds is 9. The Morgan fingerprint density at radius 3 is 1.50 bits per heavy atom. The molecule has 0 bridgehead atoms. The van der Waals surface area contributed by atoms with Gasteiger partial charge in [0.05, 0.1) is 13.2 Å². The van der Waals surface area contributed by atoms with Crippen molar-refractivity contribution >= 4 is 11.9 Å². The number of benzene rings is 2. The van der Waals surface area contributed by atoms with E-state index in [1.165, 1.54) is 24.3 Å². The number of carbonyl (C=O) groups is 2. The van der Waals surface area contributed by atoms with E-state index in [1.54, 1.807) is 12.1 Å². The van der Waals surface area contributed by atoms with Gasteiger partial charge in [-0.3, -0.25) is 0 Å². The van der Waals surface area contributed by atoms with Crippen LogP contribution >= 0.6 is 0 Å². The number of phenolic OH excluding ortho intramolecular Hbond substituents is 2. The Hall–Kier alpha value is -3.02. The van der Waals surface area contributed by atoms with Crippen molar-refractivity contribution in [3.05, 3.63) is 47.5 Å². The third kappa shape index (κ3) is 5.49. The molecule has 0 radical (unpaired) electrons. The molecule has 0 fully saturated rings. The third-order valence-corrected chi connectivity index (χ3v) is 4.23. The van der Waals surface area contributed by atoms with Crippen LogP contribution in [0.25, 0.3) is 11.1 Å². The van der Waals surface area contributed by atoms with Crippen molar-refractivity contribution in [3.63, 3.8) is 0 Å². The van der Waals surface area contributed by atoms with Crippen LogP contribution in [0.2, 0.25) is 0 Å². The minimum Gasteiger partial charge on any atom is -0.507 e. The topological polar surface area (TPSA) is 93.1 Å². The molecular formula is C22H26O6. The second kappa shape index (κ2) is 10.3. The molecule has 0 aliphatic rings. The van der Waals surface area contributed by atoms with E-state index >= 15 is 0 Å². The zero-order valence-electron chi connectivity index (χ0n) is 16.2. The molecule has 150 valence electrons. The van der Waals surface area contributed by atoms with Gasteiger partial charge in [-0.25, -0.2) is 9.59 Å². The van der Waals surface area contributed by atoms with Gasteiger partial charge in [0.2, 0.25) is 0 Å². The number of hydrogen-bond acceptors (Lipinski definition) is 6. The summed E-state index contributed by atoms with van der Waals surface area (Å²) in [5, 5.41) is 20.0. The van der Waals surface area contributed by atoms with Crippen LogP contribution in [0, 0.1) is 0 Å². The number of aromatic hydroxyl groups is 2. The first-order valence-corrected chi connectivity index (χ1v) is 9.48. The van der Waals surface area contributed by atoms with Gasteiger partial charge >= 0.3 is 11.9 Å². The summed E-state index contributed by atoms with van der Waals surface area (Å²) in [5.41, 5.74) is 1.30. The minimum absolute atomic E-state index is 0.0498. The van der Waals surface area contributed by atoms with Crippen LogP contribution in [0.3, 0.4) is 0 Å². The Labute approximate surface area is 164 Å². The van der Waals surface area contributed by atoms with E-state index in [9.17, 15) is 19.8 Å². The van der Waals surface area contributed by atoms with E-state index in [4.69, 9.17) is 9.47 Å². The lowest BCUT2D eigenvalue weighted by atomic mass is 10.00. The lowest BCUT2D eigenvalue weighted by molar-refractivity contribution is 0.0486. The number of esters is 2. The van der Waals surface area contributed by atoms with Crippen LogP contribution in [-0.4, -0.2) is 35.4 Å². The number of phenols is 2. The summed E-state index contributed by atoms with van der Waals surface area (Å²) >= 11 is 0. The standard InChI is InChI=1S/C22H26O6/c1-3-5-11-27-21(25)17-13-15(7-9-19(17)23)16-8-10-20(24)18(14-16)22(26)28-12-6-4-2/h7-10,13-14,23-24H,3-6,11-12H2,1-2H3. The van der Waals surface area contributed by atoms with E-state index in [1.807, 2.05) is 13.8 Å². The Kier molecular flexibility index (Phi) is 7.87. The second-order valence-electron chi connectivity index (χ2n) is 6.44. The first-order valence-electron chi connectivity index (χ1n) is 9.48. The van der Waals surface area contributed by atoms with Crippen LogP contribution in [0.4, 0.5) is 0 Å². The molecule has 0 aliphatic heterocycles. The van der Waals surface area contributed by atoms with Gasteiger partial charge in [-0.2, -0.15) is 0 Å². The van der Waals surface area contributed by atoms with Gasteiger partial charge in [0.25, 0.3) is 0 Å². The maximum absolute atomic E-state index is 12.2. The Morgan fingerprint density at radius 2 is 1.14 bits per heavy atom. The molecule has 0 saturated carbocycles. The fourth-order valence-corrected chi connectivity index (χ4v) is 2.53. The summed E-state index contributed by atoms with van der Waals surface area (Å²) in [4.78, 5) is 24.4. The summed E-state index contributed by atoms with van der Waals surface area (Å²) in [6.45, 7) is 4.54. The monoisotopic (exact) mass is 386 g/mol. The zero-order chi connectivity index (χ0) is 20.5. The number of hydrogen-bond donors (Lipinski definition) is 2. The van der Waals surface area contributed by atoms with Gasteiger partial charge < -0.3 is 19.7 Å². The normalized spacial score (nSPS) is 10.5. The van der Waals surface area contributed by atoms with Crippen molar-refractivity contribution in [1.82, 2.24) is 0 Å². The van der Waals surface area contributed by atoms with E-state index in [0.29, 0.717) is 11.1 Å². The van der Waals surface area contributed by atoms with Crippen molar-refractivity contribution in [2.45, 2.75) is 39.5 Å². The van der Waals surface area contributed by atoms with Crippen molar-refractivity contribution < 1.29 is 29.3 Å². The largest absolute Gasteiger partial charge is 0.507 e. The fraction of sp³-hybridized carbons (Fsp3) is 0.364. The molecule has 2 N–H and O–H groups in total. The summed E-state index contributed by atoms with van der Waals surface area (Å²) < 4.78 is 10.3. The second-order valence-corrected chi connectivity index (χ2v) is 6.44. The molecule has 2 aromatic carbocycles. The highest BCUT2D eigenvalue weighted by Gasteiger charge is 2.17. The van der Waals surface area contributed by atoms with Crippen molar-refractivity contribution in [3.8, 4) is 22.6 Å². The number of unbranched alkanes of at least 4 members (excludes halogenated alkanes) is 2. The maximum atomic E-state index is 12.2. The van der Waals surface area contributed by atoms with Crippen molar-refractivity contribution in [1.29, 1.82) is 0 Å². The molecule has 6 nitrogen and oxygen atoms in total. The van der Waals surface area contributed by atoms with Gasteiger partial charge in [0.1, 0.15) is 22.6 Å². The summed E-state index contributed by atoms with van der Waals surface area (Å²) in [7, 11) is 0. The van der Waals surface area contributed by atoms with E-state index in [2.05, 4.69) is 0 Å². The average molecular weight is 386 g/mol. The maximum Gasteiger partial charge on any atom is 0.341 e. The smallest absolute Gasteiger partial charge is 0.341 e. The molecule has 0 heterocycles. The quantitative estimate of drug-likeness (QED) is 0.480. The van der Waals surface area contributed by atoms with Gasteiger partial charge in [-0.05, 0) is 48.2 Å². The predicted molar refractivity (Wildman–Crippen MR) is 106 cm³/mol. The molecule has 0 aliphatic carbocycles. The lowest BCUT2D eigenvalue weighted by Crippen LogP contribution is -2.07. The average Bonchev–Trinajstić information content (AvgIpc) is 2.69. The Bertz CT molecular complexity index is 758. The van der Waals surface area contributed by atoms with Crippen LogP contribution in [-0.2, 0) is 9.47 Å². The van der Waals surface area contributed by atoms with E-state index < -0.39 is 11.9 Å². The van der Waals surface area contributed by atoms with E-state index in [-0.39, 0.29) is 35.8 Å². The molecule has 28 heavy (non-hydrogen) atoms. The molecule has 0 saturated heterocycles. The molecule has 2 rings (SSSR count). The third-order valence-electron chi connectivity index (χ3n) is 4.23. The minimum atomic E-state index is -0.606. The van der Waals surface area contributed by atoms with E-state index in [0.717, 1.165) is 25.7 Å². The molecule has 0 atom stereocenters. The molecule has 0 aromatic heterocycles. The van der Waals surface area contributed by atoms with Crippen LogP contribution < -0.4 is 0 Å². The Morgan fingerprint density at radius 1 is 0.750 bits per heavy atom. The first kappa shape index (κ1) is 21.3. The highest BCUT2D eigenvalue weighted by atomic mass is 16.5. The lowest BCUT2D eigenvalue weighted by Gasteiger charge is -2.11. The fourth-order valence-electron chi connectivity index (χ4n) is 2.53. The summed E-state index contributed by atoms with van der Waals surface area (Å²) in [6.07, 6.45) is 3.27. The van der Waals surface area contributed by atoms with Gasteiger partial charge in [0, 0.05) is 0 Å². The molecule has 0 amide bonds. The number of carbonyl (C=O) groups excluding carboxylic acids is 2. The van der Waals surface area contributed by atoms with Crippen LogP contribution in [0.15, 0.2) is 36.4 Å². The van der Waals surface area contributed by atoms with Gasteiger partial charge in [0.15, 0.2) is 0 Å². The molecule has 0 spiro atoms. The summed E-state index contributed by atoms with van der Waals surface area (Å²) in [5.74, 6) is -1.57. The van der Waals surface area contributed by atoms with Gasteiger partial charge in [-0.15, -0.1) is 0 Å². The SMILES string of the molecule is CCCCOC(=O)c1cc(-c2ccc(O)c(C(=O)OCCCC)c2)ccc1O. The van der Waals surface area contributed by atoms with Crippen molar-refractivity contribution in [2.24, 2.45) is 0 Å². The molecule has 2 aromatic rings. The highest BCUT2D eigenvalue weighted by Crippen LogP contribution is 2.30. The Balaban J connectivity index is 2.27.